The first kappa shape index (κ1) is 29.1. The van der Waals surface area contributed by atoms with Crippen molar-refractivity contribution in [2.45, 2.75) is 112 Å². The Labute approximate surface area is 235 Å². The summed E-state index contributed by atoms with van der Waals surface area (Å²) in [4.78, 5) is 0. The molecule has 1 saturated carbocycles. The minimum absolute atomic E-state index is 0.725. The molecule has 0 spiro atoms. The van der Waals surface area contributed by atoms with E-state index in [9.17, 15) is 0 Å². The Hall–Kier alpha value is -1.93. The third-order valence-electron chi connectivity index (χ3n) is 9.17. The highest BCUT2D eigenvalue weighted by Gasteiger charge is 2.37. The zero-order valence-corrected chi connectivity index (χ0v) is 27.0. The van der Waals surface area contributed by atoms with Gasteiger partial charge in [0.1, 0.15) is 7.05 Å². The second-order valence-corrected chi connectivity index (χ2v) is 18.4. The Kier molecular flexibility index (Phi) is 9.23. The summed E-state index contributed by atoms with van der Waals surface area (Å²) in [5, 5.41) is 4.51. The topological polar surface area (TPSA) is 3.88 Å². The first-order valence-electron chi connectivity index (χ1n) is 15.5. The van der Waals surface area contributed by atoms with Gasteiger partial charge < -0.3 is 0 Å². The van der Waals surface area contributed by atoms with Crippen LogP contribution in [0.2, 0.25) is 18.1 Å². The van der Waals surface area contributed by atoms with E-state index in [0.717, 1.165) is 23.7 Å². The lowest BCUT2D eigenvalue weighted by Crippen LogP contribution is -2.50. The maximum Gasteiger partial charge on any atom is 0.220 e. The van der Waals surface area contributed by atoms with Crippen LogP contribution in [-0.4, -0.2) is 8.07 Å². The van der Waals surface area contributed by atoms with Crippen LogP contribution < -0.4 is 9.75 Å². The van der Waals surface area contributed by atoms with Gasteiger partial charge >= 0.3 is 0 Å². The highest BCUT2D eigenvalue weighted by Crippen LogP contribution is 2.38. The van der Waals surface area contributed by atoms with Crippen LogP contribution in [0, 0.1) is 31.6 Å². The van der Waals surface area contributed by atoms with E-state index >= 15 is 0 Å². The zero-order valence-electron chi connectivity index (χ0n) is 26.0. The van der Waals surface area contributed by atoms with Crippen LogP contribution in [-0.2, 0) is 7.05 Å². The summed E-state index contributed by atoms with van der Waals surface area (Å²) in [6.07, 6.45) is 9.17. The largest absolute Gasteiger partial charge is 0.220 e. The Bertz CT molecular complexity index is 1220. The van der Waals surface area contributed by atoms with Gasteiger partial charge in [-0.25, -0.2) is 4.57 Å². The monoisotopic (exact) mass is 528 g/mol. The van der Waals surface area contributed by atoms with E-state index < -0.39 is 8.07 Å². The van der Waals surface area contributed by atoms with Gasteiger partial charge in [0, 0.05) is 6.07 Å². The molecule has 1 aliphatic carbocycles. The fraction of sp³-hybridized carbons (Fsp3) is 0.583. The molecule has 1 aliphatic rings. The van der Waals surface area contributed by atoms with Gasteiger partial charge in [0.15, 0.2) is 6.20 Å². The zero-order chi connectivity index (χ0) is 27.6. The molecule has 0 radical (unpaired) electrons. The Morgan fingerprint density at radius 3 is 1.97 bits per heavy atom. The fourth-order valence-electron chi connectivity index (χ4n) is 7.79. The molecular formula is C36H54NSi+. The molecule has 206 valence electrons. The number of fused-ring (bicyclic) bond motifs is 1. The van der Waals surface area contributed by atoms with E-state index in [4.69, 9.17) is 0 Å². The summed E-state index contributed by atoms with van der Waals surface area (Å²) in [6, 6.07) is 19.2. The minimum atomic E-state index is -1.65. The standard InChI is InChI=1S/C36H54NSi/c1-25(2)22-38(23-26(3)4,24-27(5)6)33-15-16-34-31(20-33)17-18-37(9)36(34)35-21-32(19-28(7)29(35)8)30-13-11-10-12-14-30/h15-21,25-27,30H,10-14,22-24H2,1-9H3/q+1. The summed E-state index contributed by atoms with van der Waals surface area (Å²) in [7, 11) is 0.590. The predicted molar refractivity (Wildman–Crippen MR) is 170 cm³/mol. The third kappa shape index (κ3) is 6.27. The molecule has 0 unspecified atom stereocenters. The molecule has 2 heteroatoms. The van der Waals surface area contributed by atoms with E-state index in [0.29, 0.717) is 0 Å². The van der Waals surface area contributed by atoms with Gasteiger partial charge in [0.05, 0.1) is 19.0 Å². The molecule has 4 rings (SSSR count). The summed E-state index contributed by atoms with van der Waals surface area (Å²) < 4.78 is 2.37. The molecule has 2 aromatic carbocycles. The molecule has 0 N–H and O–H groups in total. The van der Waals surface area contributed by atoms with Crippen molar-refractivity contribution in [3.05, 3.63) is 59.3 Å². The van der Waals surface area contributed by atoms with Gasteiger partial charge in [-0.2, -0.15) is 0 Å². The average Bonchev–Trinajstić information content (AvgIpc) is 2.85. The number of aromatic nitrogens is 1. The number of benzene rings is 2. The fourth-order valence-corrected chi connectivity index (χ4v) is 14.6. The third-order valence-corrected chi connectivity index (χ3v) is 15.5. The SMILES string of the molecule is Cc1cc(C2CCCCC2)cc(-c2c3ccc([Si](CC(C)C)(CC(C)C)CC(C)C)cc3cc[n+]2C)c1C. The normalized spacial score (nSPS) is 15.4. The van der Waals surface area contributed by atoms with E-state index in [1.54, 1.807) is 10.8 Å². The molecular weight excluding hydrogens is 474 g/mol. The van der Waals surface area contributed by atoms with E-state index in [-0.39, 0.29) is 0 Å². The summed E-state index contributed by atoms with van der Waals surface area (Å²) >= 11 is 0. The van der Waals surface area contributed by atoms with Gasteiger partial charge in [-0.1, -0.05) is 102 Å². The van der Waals surface area contributed by atoms with Gasteiger partial charge in [0.25, 0.3) is 0 Å². The van der Waals surface area contributed by atoms with Crippen molar-refractivity contribution >= 4 is 24.0 Å². The molecule has 3 aromatic rings. The van der Waals surface area contributed by atoms with Crippen LogP contribution in [0.3, 0.4) is 0 Å². The number of rotatable bonds is 9. The van der Waals surface area contributed by atoms with Crippen molar-refractivity contribution in [3.63, 3.8) is 0 Å². The highest BCUT2D eigenvalue weighted by molar-refractivity contribution is 6.92. The van der Waals surface area contributed by atoms with Crippen LogP contribution >= 0.6 is 0 Å². The molecule has 0 atom stereocenters. The van der Waals surface area contributed by atoms with Crippen molar-refractivity contribution in [3.8, 4) is 11.3 Å². The van der Waals surface area contributed by atoms with Crippen molar-refractivity contribution in [1.29, 1.82) is 0 Å². The lowest BCUT2D eigenvalue weighted by Gasteiger charge is -2.37. The molecule has 1 aromatic heterocycles. The lowest BCUT2D eigenvalue weighted by molar-refractivity contribution is -0.659. The molecule has 1 nitrogen and oxygen atoms in total. The number of hydrogen-bond donors (Lipinski definition) is 0. The van der Waals surface area contributed by atoms with Gasteiger partial charge in [-0.15, -0.1) is 0 Å². The predicted octanol–water partition coefficient (Wildman–Crippen LogP) is 9.62. The summed E-state index contributed by atoms with van der Waals surface area (Å²) in [5.74, 6) is 2.95. The molecule has 0 bridgehead atoms. The summed E-state index contributed by atoms with van der Waals surface area (Å²) in [6.45, 7) is 19.3. The Morgan fingerprint density at radius 2 is 1.39 bits per heavy atom. The molecule has 0 amide bonds. The van der Waals surface area contributed by atoms with Crippen molar-refractivity contribution < 1.29 is 4.57 Å². The molecule has 0 aliphatic heterocycles. The molecule has 38 heavy (non-hydrogen) atoms. The number of pyridine rings is 1. The van der Waals surface area contributed by atoms with Gasteiger partial charge in [-0.05, 0) is 84.6 Å². The number of hydrogen-bond acceptors (Lipinski definition) is 0. The van der Waals surface area contributed by atoms with Crippen LogP contribution in [0.25, 0.3) is 22.0 Å². The van der Waals surface area contributed by atoms with E-state index in [2.05, 4.69) is 110 Å². The smallest absolute Gasteiger partial charge is 0.200 e. The number of nitrogens with zero attached hydrogens (tertiary/aromatic N) is 1. The van der Waals surface area contributed by atoms with Crippen LogP contribution in [0.15, 0.2) is 42.6 Å². The van der Waals surface area contributed by atoms with Crippen molar-refractivity contribution in [1.82, 2.24) is 0 Å². The maximum absolute atomic E-state index is 2.62. The Morgan fingerprint density at radius 1 is 0.789 bits per heavy atom. The van der Waals surface area contributed by atoms with Crippen LogP contribution in [0.5, 0.6) is 0 Å². The maximum atomic E-state index is 2.62. The first-order chi connectivity index (χ1) is 18.0. The van der Waals surface area contributed by atoms with Crippen LogP contribution in [0.1, 0.15) is 96.3 Å². The minimum Gasteiger partial charge on any atom is -0.200 e. The lowest BCUT2D eigenvalue weighted by atomic mass is 9.81. The molecule has 1 heterocycles. The molecule has 1 fully saturated rings. The Balaban J connectivity index is 1.88. The summed E-state index contributed by atoms with van der Waals surface area (Å²) in [5.41, 5.74) is 7.25. The van der Waals surface area contributed by atoms with Gasteiger partial charge in [0.2, 0.25) is 5.69 Å². The van der Waals surface area contributed by atoms with Gasteiger partial charge in [-0.3, -0.25) is 0 Å². The van der Waals surface area contributed by atoms with Crippen LogP contribution in [0.4, 0.5) is 0 Å². The quantitative estimate of drug-likeness (QED) is 0.192. The van der Waals surface area contributed by atoms with Crippen molar-refractivity contribution in [2.75, 3.05) is 0 Å². The molecule has 0 saturated heterocycles. The number of aryl methyl sites for hydroxylation is 2. The van der Waals surface area contributed by atoms with Crippen molar-refractivity contribution in [2.24, 2.45) is 24.8 Å². The second-order valence-electron chi connectivity index (χ2n) is 14.0. The highest BCUT2D eigenvalue weighted by atomic mass is 28.3. The average molecular weight is 529 g/mol. The second kappa shape index (κ2) is 12.1. The van der Waals surface area contributed by atoms with E-state index in [1.165, 1.54) is 83.4 Å². The first-order valence-corrected chi connectivity index (χ1v) is 18.2. The van der Waals surface area contributed by atoms with E-state index in [1.807, 2.05) is 0 Å².